The van der Waals surface area contributed by atoms with E-state index < -0.39 is 0 Å². The van der Waals surface area contributed by atoms with Crippen LogP contribution in [0.1, 0.15) is 11.1 Å². The minimum Gasteiger partial charge on any atom is -0.493 e. The summed E-state index contributed by atoms with van der Waals surface area (Å²) in [6, 6.07) is 16.0. The number of anilines is 1. The Hall–Kier alpha value is -2.98. The smallest absolute Gasteiger partial charge is 0.264 e. The van der Waals surface area contributed by atoms with Crippen molar-refractivity contribution in [1.82, 2.24) is 5.32 Å². The summed E-state index contributed by atoms with van der Waals surface area (Å²) in [5.41, 5.74) is 2.91. The van der Waals surface area contributed by atoms with Crippen LogP contribution in [0, 0.1) is 6.92 Å². The molecule has 2 amide bonds. The van der Waals surface area contributed by atoms with Crippen molar-refractivity contribution < 1.29 is 19.1 Å². The van der Waals surface area contributed by atoms with E-state index in [-0.39, 0.29) is 18.4 Å². The second-order valence-electron chi connectivity index (χ2n) is 7.79. The summed E-state index contributed by atoms with van der Waals surface area (Å²) in [4.78, 5) is 29.7. The number of ether oxygens (including phenoxy) is 2. The van der Waals surface area contributed by atoms with Crippen molar-refractivity contribution in [3.05, 3.63) is 85.1 Å². The Balaban J connectivity index is 1.47. The van der Waals surface area contributed by atoms with Gasteiger partial charge in [-0.05, 0) is 82.7 Å². The number of thioether (sulfide) groups is 1. The van der Waals surface area contributed by atoms with Gasteiger partial charge in [-0.25, -0.2) is 4.99 Å². The van der Waals surface area contributed by atoms with Crippen LogP contribution >= 0.6 is 50.9 Å². The van der Waals surface area contributed by atoms with Crippen LogP contribution in [0.15, 0.2) is 69.0 Å². The predicted octanol–water partition coefficient (Wildman–Crippen LogP) is 6.98. The molecule has 0 aliphatic carbocycles. The average Bonchev–Trinajstić information content (AvgIpc) is 3.20. The summed E-state index contributed by atoms with van der Waals surface area (Å²) in [6.07, 6.45) is 1.70. The summed E-state index contributed by atoms with van der Waals surface area (Å²) in [5.74, 6) is 0.150. The van der Waals surface area contributed by atoms with Gasteiger partial charge in [0.1, 0.15) is 0 Å². The van der Waals surface area contributed by atoms with Crippen LogP contribution in [0.4, 0.5) is 11.4 Å². The van der Waals surface area contributed by atoms with Crippen molar-refractivity contribution in [2.24, 2.45) is 4.99 Å². The molecule has 3 aromatic rings. The minimum absolute atomic E-state index is 0.215. The Morgan fingerprint density at radius 2 is 1.95 bits per heavy atom. The van der Waals surface area contributed by atoms with E-state index >= 15 is 0 Å². The first-order valence-electron chi connectivity index (χ1n) is 10.8. The lowest BCUT2D eigenvalue weighted by Gasteiger charge is -2.14. The van der Waals surface area contributed by atoms with Gasteiger partial charge in [0.15, 0.2) is 23.3 Å². The molecule has 0 unspecified atom stereocenters. The first kappa shape index (κ1) is 27.1. The number of benzene rings is 3. The fourth-order valence-electron chi connectivity index (χ4n) is 3.25. The van der Waals surface area contributed by atoms with E-state index in [1.54, 1.807) is 36.4 Å². The second-order valence-corrected chi connectivity index (χ2v) is 10.5. The fourth-order valence-corrected chi connectivity index (χ4v) is 5.00. The molecule has 3 aromatic carbocycles. The number of rotatable bonds is 7. The molecule has 1 aliphatic rings. The van der Waals surface area contributed by atoms with Crippen LogP contribution < -0.4 is 20.1 Å². The first-order chi connectivity index (χ1) is 17.7. The Bertz CT molecular complexity index is 1430. The van der Waals surface area contributed by atoms with Crippen LogP contribution in [-0.4, -0.2) is 30.7 Å². The topological polar surface area (TPSA) is 89.0 Å². The SMILES string of the molecule is COc1cc(/C=C2/SC(=Nc3cccc(Cl)c3Cl)NC2=O)cc(Br)c1OCC(=O)Nc1ccc(C)cc1. The third-order valence-electron chi connectivity index (χ3n) is 5.04. The van der Waals surface area contributed by atoms with Gasteiger partial charge >= 0.3 is 0 Å². The number of halogens is 3. The highest BCUT2D eigenvalue weighted by molar-refractivity contribution is 9.10. The van der Waals surface area contributed by atoms with Crippen LogP contribution in [0.3, 0.4) is 0 Å². The third kappa shape index (κ3) is 6.87. The van der Waals surface area contributed by atoms with Gasteiger partial charge in [0.05, 0.1) is 32.2 Å². The third-order valence-corrected chi connectivity index (χ3v) is 7.34. The van der Waals surface area contributed by atoms with E-state index in [2.05, 4.69) is 31.6 Å². The molecule has 7 nitrogen and oxygen atoms in total. The Morgan fingerprint density at radius 3 is 2.68 bits per heavy atom. The van der Waals surface area contributed by atoms with Crippen molar-refractivity contribution >= 4 is 85.3 Å². The summed E-state index contributed by atoms with van der Waals surface area (Å²) >= 11 is 16.9. The Labute approximate surface area is 236 Å². The van der Waals surface area contributed by atoms with Gasteiger partial charge in [0, 0.05) is 5.69 Å². The number of carbonyl (C=O) groups is 2. The molecule has 0 bridgehead atoms. The number of methoxy groups -OCH3 is 1. The molecule has 0 spiro atoms. The normalized spacial score (nSPS) is 15.1. The number of aliphatic imine (C=N–C) groups is 1. The molecule has 0 atom stereocenters. The number of aryl methyl sites for hydroxylation is 1. The highest BCUT2D eigenvalue weighted by atomic mass is 79.9. The molecule has 0 saturated carbocycles. The van der Waals surface area contributed by atoms with Crippen LogP contribution in [0.5, 0.6) is 11.5 Å². The maximum absolute atomic E-state index is 12.5. The maximum atomic E-state index is 12.5. The second kappa shape index (κ2) is 12.0. The number of hydrogen-bond donors (Lipinski definition) is 2. The monoisotopic (exact) mass is 619 g/mol. The quantitative estimate of drug-likeness (QED) is 0.278. The lowest BCUT2D eigenvalue weighted by atomic mass is 10.2. The predicted molar refractivity (Wildman–Crippen MR) is 153 cm³/mol. The summed E-state index contributed by atoms with van der Waals surface area (Å²) < 4.78 is 11.8. The molecule has 1 aliphatic heterocycles. The highest BCUT2D eigenvalue weighted by Crippen LogP contribution is 2.39. The van der Waals surface area contributed by atoms with Crippen LogP contribution in [0.2, 0.25) is 10.0 Å². The number of amides is 2. The average molecular weight is 621 g/mol. The molecule has 11 heteroatoms. The van der Waals surface area contributed by atoms with Crippen molar-refractivity contribution in [1.29, 1.82) is 0 Å². The van der Waals surface area contributed by atoms with E-state index in [0.717, 1.165) is 5.56 Å². The summed E-state index contributed by atoms with van der Waals surface area (Å²) in [7, 11) is 1.49. The van der Waals surface area contributed by atoms with Gasteiger partial charge in [0.2, 0.25) is 0 Å². The van der Waals surface area contributed by atoms with E-state index in [4.69, 9.17) is 32.7 Å². The van der Waals surface area contributed by atoms with Gasteiger partial charge in [-0.1, -0.05) is 47.0 Å². The molecule has 4 rings (SSSR count). The minimum atomic E-state index is -0.311. The van der Waals surface area contributed by atoms with Crippen molar-refractivity contribution in [3.8, 4) is 11.5 Å². The lowest BCUT2D eigenvalue weighted by molar-refractivity contribution is -0.118. The zero-order valence-corrected chi connectivity index (χ0v) is 23.5. The number of nitrogens with one attached hydrogen (secondary N) is 2. The Kier molecular flexibility index (Phi) is 8.81. The maximum Gasteiger partial charge on any atom is 0.264 e. The van der Waals surface area contributed by atoms with Crippen LogP contribution in [0.25, 0.3) is 6.08 Å². The van der Waals surface area contributed by atoms with Crippen LogP contribution in [-0.2, 0) is 9.59 Å². The summed E-state index contributed by atoms with van der Waals surface area (Å²) in [6.45, 7) is 1.76. The zero-order chi connectivity index (χ0) is 26.5. The van der Waals surface area contributed by atoms with E-state index in [0.29, 0.717) is 53.0 Å². The van der Waals surface area contributed by atoms with Crippen molar-refractivity contribution in [3.63, 3.8) is 0 Å². The summed E-state index contributed by atoms with van der Waals surface area (Å²) in [5, 5.41) is 6.57. The van der Waals surface area contributed by atoms with E-state index in [1.807, 2.05) is 31.2 Å². The highest BCUT2D eigenvalue weighted by Gasteiger charge is 2.25. The largest absolute Gasteiger partial charge is 0.493 e. The Morgan fingerprint density at radius 1 is 1.19 bits per heavy atom. The lowest BCUT2D eigenvalue weighted by Crippen LogP contribution is -2.20. The van der Waals surface area contributed by atoms with Gasteiger partial charge in [-0.3, -0.25) is 9.59 Å². The van der Waals surface area contributed by atoms with Gasteiger partial charge < -0.3 is 20.1 Å². The standard InChI is InChI=1S/C26H20BrCl2N3O4S/c1-14-6-8-16(9-7-14)30-22(33)13-36-24-17(27)10-15(11-20(24)35-2)12-21-25(34)32-26(37-21)31-19-5-3-4-18(28)23(19)29/h3-12H,13H2,1-2H3,(H,30,33)(H,31,32,34)/b21-12+. The van der Waals surface area contributed by atoms with Crippen molar-refractivity contribution in [2.75, 3.05) is 19.0 Å². The number of hydrogen-bond acceptors (Lipinski definition) is 6. The molecule has 37 heavy (non-hydrogen) atoms. The molecule has 0 aromatic heterocycles. The number of carbonyl (C=O) groups excluding carboxylic acids is 2. The molecule has 1 saturated heterocycles. The fraction of sp³-hybridized carbons (Fsp3) is 0.115. The number of amidine groups is 1. The van der Waals surface area contributed by atoms with E-state index in [9.17, 15) is 9.59 Å². The zero-order valence-electron chi connectivity index (χ0n) is 19.6. The van der Waals surface area contributed by atoms with Gasteiger partial charge in [0.25, 0.3) is 11.8 Å². The molecular formula is C26H20BrCl2N3O4S. The van der Waals surface area contributed by atoms with Crippen molar-refractivity contribution in [2.45, 2.75) is 6.92 Å². The van der Waals surface area contributed by atoms with Gasteiger partial charge in [-0.2, -0.15) is 0 Å². The molecular weight excluding hydrogens is 601 g/mol. The van der Waals surface area contributed by atoms with E-state index in [1.165, 1.54) is 18.9 Å². The van der Waals surface area contributed by atoms with Gasteiger partial charge in [-0.15, -0.1) is 0 Å². The number of nitrogens with zero attached hydrogens (tertiary/aromatic N) is 1. The molecule has 190 valence electrons. The molecule has 2 N–H and O–H groups in total. The molecule has 1 fully saturated rings. The first-order valence-corrected chi connectivity index (χ1v) is 13.2. The molecule has 1 heterocycles. The molecule has 0 radical (unpaired) electrons.